The highest BCUT2D eigenvalue weighted by atomic mass is 32.2. The fraction of sp³-hybridized carbons (Fsp3) is 0.345. The van der Waals surface area contributed by atoms with Crippen molar-refractivity contribution in [2.24, 2.45) is 5.90 Å². The Kier molecular flexibility index (Phi) is 9.38. The molecule has 0 aliphatic carbocycles. The van der Waals surface area contributed by atoms with E-state index in [0.29, 0.717) is 12.4 Å². The summed E-state index contributed by atoms with van der Waals surface area (Å²) >= 11 is 1.73. The molecular weight excluding hydrogens is 458 g/mol. The van der Waals surface area contributed by atoms with E-state index in [1.807, 2.05) is 32.0 Å². The fourth-order valence-corrected chi connectivity index (χ4v) is 4.43. The third-order valence-electron chi connectivity index (χ3n) is 5.95. The number of aryl methyl sites for hydroxylation is 3. The lowest BCUT2D eigenvalue weighted by Crippen LogP contribution is -2.41. The molecule has 0 aromatic heterocycles. The summed E-state index contributed by atoms with van der Waals surface area (Å²) < 4.78 is 12.4. The van der Waals surface area contributed by atoms with Crippen molar-refractivity contribution in [2.75, 3.05) is 6.26 Å². The standard InChI is InChI=1S/C29H35NO4S/c1-20-17-23(18-21(2)27(20)33-29(3,4)28(31)34-30)11-16-26(24-12-14-25(35-5)15-13-24)32-19-22-9-7-6-8-10-22/h6-10,12-15,17-18,26H,11,16,19,30H2,1-5H3. The average molecular weight is 494 g/mol. The minimum Gasteiger partial charge on any atom is -0.476 e. The molecule has 1 atom stereocenters. The maximum atomic E-state index is 12.0. The van der Waals surface area contributed by atoms with Crippen LogP contribution in [0, 0.1) is 13.8 Å². The monoisotopic (exact) mass is 493 g/mol. The lowest BCUT2D eigenvalue weighted by atomic mass is 9.97. The number of rotatable bonds is 11. The van der Waals surface area contributed by atoms with Gasteiger partial charge in [0, 0.05) is 4.90 Å². The van der Waals surface area contributed by atoms with E-state index in [9.17, 15) is 4.79 Å². The van der Waals surface area contributed by atoms with Crippen LogP contribution in [0.15, 0.2) is 71.6 Å². The molecule has 0 radical (unpaired) electrons. The number of hydrogen-bond acceptors (Lipinski definition) is 6. The third-order valence-corrected chi connectivity index (χ3v) is 6.70. The van der Waals surface area contributed by atoms with Crippen LogP contribution in [0.5, 0.6) is 5.75 Å². The van der Waals surface area contributed by atoms with E-state index in [0.717, 1.165) is 29.5 Å². The number of carbonyl (C=O) groups is 1. The SMILES string of the molecule is CSc1ccc(C(CCc2cc(C)c(OC(C)(C)C(=O)ON)c(C)c2)OCc2ccccc2)cc1. The average Bonchev–Trinajstić information content (AvgIpc) is 2.86. The Morgan fingerprint density at radius 2 is 1.60 bits per heavy atom. The van der Waals surface area contributed by atoms with Crippen molar-refractivity contribution in [1.82, 2.24) is 0 Å². The van der Waals surface area contributed by atoms with Crippen LogP contribution >= 0.6 is 11.8 Å². The predicted octanol–water partition coefficient (Wildman–Crippen LogP) is 6.49. The first kappa shape index (κ1) is 26.8. The zero-order chi connectivity index (χ0) is 25.4. The van der Waals surface area contributed by atoms with E-state index in [-0.39, 0.29) is 6.10 Å². The number of hydrogen-bond donors (Lipinski definition) is 1. The van der Waals surface area contributed by atoms with Gasteiger partial charge in [0.1, 0.15) is 5.75 Å². The molecule has 2 N–H and O–H groups in total. The molecule has 3 aromatic carbocycles. The van der Waals surface area contributed by atoms with Crippen LogP contribution < -0.4 is 10.6 Å². The Hall–Kier alpha value is -2.80. The lowest BCUT2D eigenvalue weighted by molar-refractivity contribution is -0.159. The van der Waals surface area contributed by atoms with Gasteiger partial charge in [-0.3, -0.25) is 0 Å². The molecule has 0 aliphatic rings. The molecule has 35 heavy (non-hydrogen) atoms. The minimum absolute atomic E-state index is 0.0269. The third kappa shape index (κ3) is 7.34. The first-order chi connectivity index (χ1) is 16.7. The van der Waals surface area contributed by atoms with E-state index < -0.39 is 11.6 Å². The van der Waals surface area contributed by atoms with Crippen molar-refractivity contribution in [2.45, 2.75) is 63.7 Å². The van der Waals surface area contributed by atoms with Crippen LogP contribution in [0.2, 0.25) is 0 Å². The second kappa shape index (κ2) is 12.2. The Labute approximate surface area is 212 Å². The zero-order valence-corrected chi connectivity index (χ0v) is 22.0. The largest absolute Gasteiger partial charge is 0.476 e. The molecule has 3 aromatic rings. The van der Waals surface area contributed by atoms with Gasteiger partial charge in [-0.15, -0.1) is 11.8 Å². The first-order valence-electron chi connectivity index (χ1n) is 11.7. The lowest BCUT2D eigenvalue weighted by Gasteiger charge is -2.26. The zero-order valence-electron chi connectivity index (χ0n) is 21.2. The summed E-state index contributed by atoms with van der Waals surface area (Å²) in [4.78, 5) is 17.6. The topological polar surface area (TPSA) is 70.8 Å². The summed E-state index contributed by atoms with van der Waals surface area (Å²) in [5.74, 6) is 5.12. The number of thioether (sulfide) groups is 1. The number of carbonyl (C=O) groups excluding carboxylic acids is 1. The first-order valence-corrected chi connectivity index (χ1v) is 13.0. The molecule has 186 valence electrons. The molecule has 0 aliphatic heterocycles. The minimum atomic E-state index is -1.18. The quantitative estimate of drug-likeness (QED) is 0.243. The summed E-state index contributed by atoms with van der Waals surface area (Å²) in [6, 6.07) is 23.1. The number of nitrogens with two attached hydrogens (primary N) is 1. The molecule has 0 heterocycles. The van der Waals surface area contributed by atoms with Crippen LogP contribution in [0.1, 0.15) is 54.2 Å². The van der Waals surface area contributed by atoms with Gasteiger partial charge < -0.3 is 14.3 Å². The highest BCUT2D eigenvalue weighted by Gasteiger charge is 2.32. The van der Waals surface area contributed by atoms with Crippen LogP contribution in [-0.2, 0) is 27.4 Å². The Balaban J connectivity index is 1.75. The van der Waals surface area contributed by atoms with E-state index in [1.54, 1.807) is 25.6 Å². The van der Waals surface area contributed by atoms with Gasteiger partial charge in [-0.2, -0.15) is 5.90 Å². The van der Waals surface area contributed by atoms with Crippen LogP contribution in [0.25, 0.3) is 0 Å². The Morgan fingerprint density at radius 1 is 0.971 bits per heavy atom. The van der Waals surface area contributed by atoms with Crippen molar-refractivity contribution in [3.63, 3.8) is 0 Å². The van der Waals surface area contributed by atoms with Crippen LogP contribution in [0.4, 0.5) is 0 Å². The summed E-state index contributed by atoms with van der Waals surface area (Å²) in [6.07, 6.45) is 3.74. The van der Waals surface area contributed by atoms with Gasteiger partial charge in [-0.25, -0.2) is 4.79 Å². The highest BCUT2D eigenvalue weighted by molar-refractivity contribution is 7.98. The van der Waals surface area contributed by atoms with Gasteiger partial charge in [0.2, 0.25) is 5.60 Å². The van der Waals surface area contributed by atoms with Gasteiger partial charge in [0.15, 0.2) is 0 Å². The van der Waals surface area contributed by atoms with Gasteiger partial charge in [-0.05, 0) is 86.7 Å². The highest BCUT2D eigenvalue weighted by Crippen LogP contribution is 2.31. The molecule has 1 unspecified atom stereocenters. The van der Waals surface area contributed by atoms with Crippen molar-refractivity contribution in [3.05, 3.63) is 94.5 Å². The van der Waals surface area contributed by atoms with Crippen molar-refractivity contribution >= 4 is 17.7 Å². The van der Waals surface area contributed by atoms with E-state index in [2.05, 4.69) is 59.6 Å². The van der Waals surface area contributed by atoms with E-state index >= 15 is 0 Å². The number of benzene rings is 3. The Bertz CT molecular complexity index is 1090. The molecule has 0 saturated heterocycles. The van der Waals surface area contributed by atoms with Crippen LogP contribution in [-0.4, -0.2) is 17.8 Å². The summed E-state index contributed by atoms with van der Waals surface area (Å²) in [6.45, 7) is 7.82. The van der Waals surface area contributed by atoms with Gasteiger partial charge in [0.25, 0.3) is 0 Å². The molecule has 0 bridgehead atoms. The second-order valence-corrected chi connectivity index (χ2v) is 10.1. The summed E-state index contributed by atoms with van der Waals surface area (Å²) in [5, 5.41) is 0. The molecule has 0 spiro atoms. The van der Waals surface area contributed by atoms with E-state index in [4.69, 9.17) is 15.4 Å². The molecular formula is C29H35NO4S. The summed E-state index contributed by atoms with van der Waals surface area (Å²) in [7, 11) is 0. The van der Waals surface area contributed by atoms with Crippen molar-refractivity contribution < 1.29 is 19.1 Å². The van der Waals surface area contributed by atoms with Gasteiger partial charge in [-0.1, -0.05) is 54.6 Å². The van der Waals surface area contributed by atoms with Gasteiger partial charge in [0.05, 0.1) is 12.7 Å². The Morgan fingerprint density at radius 3 is 2.17 bits per heavy atom. The number of ether oxygens (including phenoxy) is 2. The second-order valence-electron chi connectivity index (χ2n) is 9.17. The molecule has 3 rings (SSSR count). The molecule has 5 nitrogen and oxygen atoms in total. The molecule has 0 fully saturated rings. The summed E-state index contributed by atoms with van der Waals surface area (Å²) in [5.41, 5.74) is 4.28. The van der Waals surface area contributed by atoms with Crippen molar-refractivity contribution in [3.8, 4) is 5.75 Å². The fourth-order valence-electron chi connectivity index (χ4n) is 4.02. The smallest absolute Gasteiger partial charge is 0.368 e. The molecule has 6 heteroatoms. The van der Waals surface area contributed by atoms with Crippen LogP contribution in [0.3, 0.4) is 0 Å². The maximum absolute atomic E-state index is 12.0. The maximum Gasteiger partial charge on any atom is 0.368 e. The van der Waals surface area contributed by atoms with E-state index in [1.165, 1.54) is 16.0 Å². The normalized spacial score (nSPS) is 12.3. The predicted molar refractivity (Wildman–Crippen MR) is 141 cm³/mol. The van der Waals surface area contributed by atoms with Gasteiger partial charge >= 0.3 is 5.97 Å². The molecule has 0 saturated carbocycles. The van der Waals surface area contributed by atoms with Crippen molar-refractivity contribution in [1.29, 1.82) is 0 Å². The molecule has 0 amide bonds.